The van der Waals surface area contributed by atoms with E-state index in [1.165, 1.54) is 45.7 Å². The van der Waals surface area contributed by atoms with Gasteiger partial charge in [-0.25, -0.2) is 0 Å². The molecule has 2 heteroatoms. The van der Waals surface area contributed by atoms with E-state index in [9.17, 15) is 0 Å². The van der Waals surface area contributed by atoms with Crippen LogP contribution in [0.4, 0.5) is 28.4 Å². The normalized spacial score (nSPS) is 15.5. The van der Waals surface area contributed by atoms with Crippen molar-refractivity contribution in [3.63, 3.8) is 0 Å². The molecule has 3 atom stereocenters. The molecule has 0 amide bonds. The molecule has 0 saturated heterocycles. The van der Waals surface area contributed by atoms with Gasteiger partial charge in [0.2, 0.25) is 0 Å². The monoisotopic (exact) mass is 644 g/mol. The third-order valence-corrected chi connectivity index (χ3v) is 10.3. The lowest BCUT2D eigenvalue weighted by Gasteiger charge is -2.27. The molecule has 5 aromatic rings. The summed E-state index contributed by atoms with van der Waals surface area (Å²) in [5.41, 5.74) is 12.3. The molecule has 3 unspecified atom stereocenters. The molecule has 0 aromatic heterocycles. The highest BCUT2D eigenvalue weighted by atomic mass is 15.2. The molecule has 5 aromatic carbocycles. The zero-order valence-electron chi connectivity index (χ0n) is 30.4. The SMILES string of the molecule is CCC(C)c1ccc(N(c2ccccc2)c2ccc(-c3ccc(N(C4=CC(C(C)CC)C=C4)c4ccc(C(C)(C)C)cc4)cc3)cc2)cc1. The summed E-state index contributed by atoms with van der Waals surface area (Å²) in [6, 6.07) is 46.8. The highest BCUT2D eigenvalue weighted by Gasteiger charge is 2.22. The number of nitrogens with zero attached hydrogens (tertiary/aromatic N) is 2. The Hall–Kier alpha value is -4.82. The van der Waals surface area contributed by atoms with Crippen molar-refractivity contribution in [1.29, 1.82) is 0 Å². The Morgan fingerprint density at radius 2 is 1.02 bits per heavy atom. The third-order valence-electron chi connectivity index (χ3n) is 10.3. The fraction of sp³-hybridized carbons (Fsp3) is 0.277. The number of hydrogen-bond donors (Lipinski definition) is 0. The molecule has 0 fully saturated rings. The number of para-hydroxylation sites is 1. The summed E-state index contributed by atoms with van der Waals surface area (Å²) in [4.78, 5) is 4.74. The van der Waals surface area contributed by atoms with Gasteiger partial charge in [-0.3, -0.25) is 0 Å². The minimum Gasteiger partial charge on any atom is -0.311 e. The van der Waals surface area contributed by atoms with Crippen molar-refractivity contribution in [3.8, 4) is 11.1 Å². The molecular formula is C47H52N2. The van der Waals surface area contributed by atoms with Crippen molar-refractivity contribution < 1.29 is 0 Å². The van der Waals surface area contributed by atoms with Crippen LogP contribution in [0.15, 0.2) is 151 Å². The Bertz CT molecular complexity index is 1860. The van der Waals surface area contributed by atoms with Crippen molar-refractivity contribution >= 4 is 28.4 Å². The average molecular weight is 645 g/mol. The lowest BCUT2D eigenvalue weighted by molar-refractivity contribution is 0.486. The van der Waals surface area contributed by atoms with Crippen LogP contribution in [0.1, 0.15) is 78.4 Å². The van der Waals surface area contributed by atoms with Gasteiger partial charge in [-0.05, 0) is 119 Å². The van der Waals surface area contributed by atoms with Crippen LogP contribution in [0, 0.1) is 11.8 Å². The smallest absolute Gasteiger partial charge is 0.0462 e. The Kier molecular flexibility index (Phi) is 10.2. The maximum Gasteiger partial charge on any atom is 0.0462 e. The van der Waals surface area contributed by atoms with Crippen LogP contribution >= 0.6 is 0 Å². The van der Waals surface area contributed by atoms with Crippen LogP contribution in [-0.4, -0.2) is 0 Å². The van der Waals surface area contributed by atoms with E-state index < -0.39 is 0 Å². The summed E-state index contributed by atoms with van der Waals surface area (Å²) in [5, 5.41) is 0. The molecule has 0 bridgehead atoms. The summed E-state index contributed by atoms with van der Waals surface area (Å²) < 4.78 is 0. The fourth-order valence-electron chi connectivity index (χ4n) is 6.67. The van der Waals surface area contributed by atoms with Crippen LogP contribution in [0.5, 0.6) is 0 Å². The van der Waals surface area contributed by atoms with Crippen molar-refractivity contribution in [1.82, 2.24) is 0 Å². The first-order valence-corrected chi connectivity index (χ1v) is 18.1. The molecular weight excluding hydrogens is 593 g/mol. The Morgan fingerprint density at radius 1 is 0.551 bits per heavy atom. The number of rotatable bonds is 11. The van der Waals surface area contributed by atoms with E-state index >= 15 is 0 Å². The predicted octanol–water partition coefficient (Wildman–Crippen LogP) is 13.9. The fourth-order valence-corrected chi connectivity index (χ4v) is 6.67. The second-order valence-corrected chi connectivity index (χ2v) is 14.7. The molecule has 250 valence electrons. The molecule has 49 heavy (non-hydrogen) atoms. The maximum absolute atomic E-state index is 2.44. The Morgan fingerprint density at radius 3 is 1.51 bits per heavy atom. The minimum atomic E-state index is 0.116. The van der Waals surface area contributed by atoms with Gasteiger partial charge in [0.1, 0.15) is 0 Å². The summed E-state index contributed by atoms with van der Waals surface area (Å²) >= 11 is 0. The zero-order chi connectivity index (χ0) is 34.5. The van der Waals surface area contributed by atoms with Gasteiger partial charge in [-0.1, -0.05) is 134 Å². The molecule has 1 aliphatic carbocycles. The molecule has 0 aliphatic heterocycles. The van der Waals surface area contributed by atoms with Gasteiger partial charge in [-0.15, -0.1) is 0 Å². The van der Waals surface area contributed by atoms with Crippen molar-refractivity contribution in [3.05, 3.63) is 162 Å². The molecule has 6 rings (SSSR count). The Labute approximate surface area is 295 Å². The second-order valence-electron chi connectivity index (χ2n) is 14.7. The van der Waals surface area contributed by atoms with Crippen molar-refractivity contribution in [2.45, 2.75) is 72.6 Å². The largest absolute Gasteiger partial charge is 0.311 e. The summed E-state index contributed by atoms with van der Waals surface area (Å²) in [6.45, 7) is 16.0. The van der Waals surface area contributed by atoms with E-state index in [2.05, 4.69) is 204 Å². The molecule has 0 spiro atoms. The first-order valence-electron chi connectivity index (χ1n) is 18.1. The van der Waals surface area contributed by atoms with Gasteiger partial charge in [0.05, 0.1) is 0 Å². The molecule has 0 saturated carbocycles. The first-order chi connectivity index (χ1) is 23.7. The zero-order valence-corrected chi connectivity index (χ0v) is 30.4. The molecule has 0 radical (unpaired) electrons. The molecule has 0 heterocycles. The average Bonchev–Trinajstić information content (AvgIpc) is 3.62. The highest BCUT2D eigenvalue weighted by molar-refractivity contribution is 5.79. The summed E-state index contributed by atoms with van der Waals surface area (Å²) in [7, 11) is 0. The van der Waals surface area contributed by atoms with Crippen LogP contribution in [0.3, 0.4) is 0 Å². The number of hydrogen-bond acceptors (Lipinski definition) is 2. The van der Waals surface area contributed by atoms with E-state index in [-0.39, 0.29) is 5.41 Å². The van der Waals surface area contributed by atoms with E-state index in [1.54, 1.807) is 0 Å². The van der Waals surface area contributed by atoms with Crippen molar-refractivity contribution in [2.75, 3.05) is 9.80 Å². The van der Waals surface area contributed by atoms with E-state index in [1.807, 2.05) is 0 Å². The maximum atomic E-state index is 2.44. The molecule has 2 nitrogen and oxygen atoms in total. The van der Waals surface area contributed by atoms with Crippen molar-refractivity contribution in [2.24, 2.45) is 11.8 Å². The third kappa shape index (κ3) is 7.60. The first kappa shape index (κ1) is 34.1. The Balaban J connectivity index is 1.30. The van der Waals surface area contributed by atoms with Gasteiger partial charge in [0.15, 0.2) is 0 Å². The quantitative estimate of drug-likeness (QED) is 0.141. The van der Waals surface area contributed by atoms with Gasteiger partial charge in [-0.2, -0.15) is 0 Å². The van der Waals surface area contributed by atoms with Crippen LogP contribution in [-0.2, 0) is 5.41 Å². The topological polar surface area (TPSA) is 6.48 Å². The minimum absolute atomic E-state index is 0.116. The van der Waals surface area contributed by atoms with Gasteiger partial charge in [0, 0.05) is 34.1 Å². The highest BCUT2D eigenvalue weighted by Crippen LogP contribution is 2.39. The number of anilines is 5. The van der Waals surface area contributed by atoms with Gasteiger partial charge < -0.3 is 9.80 Å². The van der Waals surface area contributed by atoms with E-state index in [4.69, 9.17) is 0 Å². The predicted molar refractivity (Wildman–Crippen MR) is 213 cm³/mol. The van der Waals surface area contributed by atoms with Gasteiger partial charge >= 0.3 is 0 Å². The number of benzene rings is 5. The van der Waals surface area contributed by atoms with Crippen LogP contribution in [0.2, 0.25) is 0 Å². The summed E-state index contributed by atoms with van der Waals surface area (Å²) in [6.07, 6.45) is 9.42. The second kappa shape index (κ2) is 14.7. The lowest BCUT2D eigenvalue weighted by Crippen LogP contribution is -2.16. The molecule has 0 N–H and O–H groups in total. The molecule has 1 aliphatic rings. The van der Waals surface area contributed by atoms with E-state index in [0.717, 1.165) is 23.5 Å². The van der Waals surface area contributed by atoms with Crippen LogP contribution < -0.4 is 9.80 Å². The van der Waals surface area contributed by atoms with Crippen LogP contribution in [0.25, 0.3) is 11.1 Å². The standard InChI is InChI=1S/C47H52N2/c1-8-34(3)36-15-24-42(25-16-36)48(41-13-11-10-12-14-41)43-26-17-37(18-27-43)38-19-28-44(29-20-38)49(46-30-21-39(33-46)35(4)9-2)45-31-22-40(23-32-45)47(5,6)7/h10-35,39H,8-9H2,1-7H3. The summed E-state index contributed by atoms with van der Waals surface area (Å²) in [5.74, 6) is 1.63. The van der Waals surface area contributed by atoms with E-state index in [0.29, 0.717) is 17.8 Å². The van der Waals surface area contributed by atoms with Gasteiger partial charge in [0.25, 0.3) is 0 Å². The lowest BCUT2D eigenvalue weighted by atomic mass is 9.87. The number of allylic oxidation sites excluding steroid dienone is 3.